The maximum absolute atomic E-state index is 12.6. The van der Waals surface area contributed by atoms with E-state index in [4.69, 9.17) is 0 Å². The fourth-order valence-electron chi connectivity index (χ4n) is 3.81. The molecule has 144 valence electrons. The molecular weight excluding hydrogens is 316 g/mol. The number of rotatable bonds is 6. The Hall–Kier alpha value is -1.14. The number of likely N-dealkylation sites (N-methyl/N-ethyl adjacent to an activating group) is 1. The Bertz CT molecular complexity index is 439. The third kappa shape index (κ3) is 6.59. The molecule has 6 nitrogen and oxygen atoms in total. The molecule has 0 aromatic rings. The van der Waals surface area contributed by atoms with Crippen LogP contribution in [0.5, 0.6) is 0 Å². The van der Waals surface area contributed by atoms with Crippen LogP contribution in [0.15, 0.2) is 0 Å². The zero-order chi connectivity index (χ0) is 18.4. The van der Waals surface area contributed by atoms with Crippen molar-refractivity contribution in [1.82, 2.24) is 20.0 Å². The van der Waals surface area contributed by atoms with Crippen LogP contribution in [0.25, 0.3) is 0 Å². The lowest BCUT2D eigenvalue weighted by Gasteiger charge is -2.37. The van der Waals surface area contributed by atoms with Gasteiger partial charge in [0.15, 0.2) is 0 Å². The highest BCUT2D eigenvalue weighted by molar-refractivity contribution is 5.79. The topological polar surface area (TPSA) is 55.9 Å². The Labute approximate surface area is 152 Å². The summed E-state index contributed by atoms with van der Waals surface area (Å²) < 4.78 is 0. The molecule has 1 aliphatic heterocycles. The van der Waals surface area contributed by atoms with Gasteiger partial charge in [-0.05, 0) is 45.4 Å². The summed E-state index contributed by atoms with van der Waals surface area (Å²) in [6.07, 6.45) is 4.75. The maximum Gasteiger partial charge on any atom is 0.236 e. The predicted octanol–water partition coefficient (Wildman–Crippen LogP) is 1.17. The van der Waals surface area contributed by atoms with Crippen molar-refractivity contribution in [3.63, 3.8) is 0 Å². The van der Waals surface area contributed by atoms with Gasteiger partial charge in [-0.15, -0.1) is 0 Å². The maximum atomic E-state index is 12.6. The first-order chi connectivity index (χ1) is 11.8. The highest BCUT2D eigenvalue weighted by Crippen LogP contribution is 2.26. The van der Waals surface area contributed by atoms with Crippen LogP contribution in [0.2, 0.25) is 0 Å². The number of piperazine rings is 1. The second kappa shape index (κ2) is 9.53. The molecule has 2 amide bonds. The summed E-state index contributed by atoms with van der Waals surface area (Å²) in [5.74, 6) is 1.14. The van der Waals surface area contributed by atoms with Gasteiger partial charge in [-0.3, -0.25) is 19.4 Å². The number of amides is 2. The Morgan fingerprint density at radius 1 is 1.00 bits per heavy atom. The Morgan fingerprint density at radius 3 is 2.04 bits per heavy atom. The summed E-state index contributed by atoms with van der Waals surface area (Å²) in [5, 5.41) is 2.93. The summed E-state index contributed by atoms with van der Waals surface area (Å²) in [6.45, 7) is 10.6. The number of carbonyl (C=O) groups is 2. The second-order valence-corrected chi connectivity index (χ2v) is 8.19. The fraction of sp³-hybridized carbons (Fsp3) is 0.895. The van der Waals surface area contributed by atoms with Crippen molar-refractivity contribution in [3.05, 3.63) is 0 Å². The molecule has 1 heterocycles. The first-order valence-electron chi connectivity index (χ1n) is 9.85. The minimum atomic E-state index is 0.0887. The van der Waals surface area contributed by atoms with E-state index in [2.05, 4.69) is 22.0 Å². The Morgan fingerprint density at radius 2 is 1.52 bits per heavy atom. The molecule has 1 saturated carbocycles. The molecule has 0 bridgehead atoms. The summed E-state index contributed by atoms with van der Waals surface area (Å²) in [6, 6.07) is 0.606. The molecule has 1 aliphatic carbocycles. The number of nitrogens with one attached hydrogen (secondary N) is 1. The van der Waals surface area contributed by atoms with Crippen LogP contribution in [0.4, 0.5) is 0 Å². The van der Waals surface area contributed by atoms with Gasteiger partial charge in [-0.25, -0.2) is 0 Å². The van der Waals surface area contributed by atoms with E-state index in [0.717, 1.165) is 44.9 Å². The minimum Gasteiger partial charge on any atom is -0.353 e. The molecule has 0 radical (unpaired) electrons. The molecular formula is C19H36N4O2. The van der Waals surface area contributed by atoms with E-state index >= 15 is 0 Å². The first kappa shape index (κ1) is 20.2. The summed E-state index contributed by atoms with van der Waals surface area (Å²) in [7, 11) is 1.97. The molecule has 0 aromatic heterocycles. The van der Waals surface area contributed by atoms with Crippen LogP contribution in [-0.2, 0) is 9.59 Å². The SMILES string of the molecule is CC1CCC(N(C)C(=O)CN2CCN(CC(=O)NC(C)C)CC2)CC1. The second-order valence-electron chi connectivity index (χ2n) is 8.19. The van der Waals surface area contributed by atoms with E-state index in [9.17, 15) is 9.59 Å². The van der Waals surface area contributed by atoms with Crippen LogP contribution < -0.4 is 5.32 Å². The minimum absolute atomic E-state index is 0.0887. The van der Waals surface area contributed by atoms with Crippen LogP contribution in [0.1, 0.15) is 46.5 Å². The number of carbonyl (C=O) groups excluding carboxylic acids is 2. The van der Waals surface area contributed by atoms with Crippen molar-refractivity contribution in [2.24, 2.45) is 5.92 Å². The van der Waals surface area contributed by atoms with Gasteiger partial charge in [0.25, 0.3) is 0 Å². The average molecular weight is 353 g/mol. The van der Waals surface area contributed by atoms with Crippen molar-refractivity contribution in [3.8, 4) is 0 Å². The van der Waals surface area contributed by atoms with Crippen LogP contribution in [-0.4, -0.2) is 84.9 Å². The van der Waals surface area contributed by atoms with Gasteiger partial charge in [-0.1, -0.05) is 6.92 Å². The third-order valence-corrected chi connectivity index (χ3v) is 5.57. The van der Waals surface area contributed by atoms with Gasteiger partial charge in [0.05, 0.1) is 13.1 Å². The zero-order valence-corrected chi connectivity index (χ0v) is 16.5. The summed E-state index contributed by atoms with van der Waals surface area (Å²) in [4.78, 5) is 30.8. The molecule has 1 N–H and O–H groups in total. The first-order valence-corrected chi connectivity index (χ1v) is 9.85. The van der Waals surface area contributed by atoms with Gasteiger partial charge in [0, 0.05) is 45.3 Å². The number of nitrogens with zero attached hydrogens (tertiary/aromatic N) is 3. The quantitative estimate of drug-likeness (QED) is 0.780. The molecule has 0 unspecified atom stereocenters. The average Bonchev–Trinajstić information content (AvgIpc) is 2.56. The third-order valence-electron chi connectivity index (χ3n) is 5.57. The standard InChI is InChI=1S/C19H36N4O2/c1-15(2)20-18(24)13-22-9-11-23(12-10-22)14-19(25)21(4)17-7-5-16(3)6-8-17/h15-17H,5-14H2,1-4H3,(H,20,24). The van der Waals surface area contributed by atoms with Crippen molar-refractivity contribution < 1.29 is 9.59 Å². The van der Waals surface area contributed by atoms with Crippen LogP contribution >= 0.6 is 0 Å². The Kier molecular flexibility index (Phi) is 7.69. The summed E-state index contributed by atoms with van der Waals surface area (Å²) in [5.41, 5.74) is 0. The molecule has 0 spiro atoms. The van der Waals surface area contributed by atoms with Crippen molar-refractivity contribution in [1.29, 1.82) is 0 Å². The zero-order valence-electron chi connectivity index (χ0n) is 16.5. The normalized spacial score (nSPS) is 25.8. The highest BCUT2D eigenvalue weighted by atomic mass is 16.2. The lowest BCUT2D eigenvalue weighted by molar-refractivity contribution is -0.134. The van der Waals surface area contributed by atoms with Gasteiger partial charge in [-0.2, -0.15) is 0 Å². The molecule has 25 heavy (non-hydrogen) atoms. The molecule has 2 fully saturated rings. The molecule has 1 saturated heterocycles. The Balaban J connectivity index is 1.68. The lowest BCUT2D eigenvalue weighted by Crippen LogP contribution is -2.52. The van der Waals surface area contributed by atoms with E-state index in [1.807, 2.05) is 25.8 Å². The predicted molar refractivity (Wildman–Crippen MR) is 100 cm³/mol. The van der Waals surface area contributed by atoms with Crippen molar-refractivity contribution in [2.75, 3.05) is 46.3 Å². The lowest BCUT2D eigenvalue weighted by atomic mass is 9.87. The molecule has 0 atom stereocenters. The van der Waals surface area contributed by atoms with Gasteiger partial charge in [0.2, 0.25) is 11.8 Å². The van der Waals surface area contributed by atoms with Gasteiger partial charge >= 0.3 is 0 Å². The number of hydrogen-bond acceptors (Lipinski definition) is 4. The van der Waals surface area contributed by atoms with Gasteiger partial charge < -0.3 is 10.2 Å². The van der Waals surface area contributed by atoms with Crippen molar-refractivity contribution >= 4 is 11.8 Å². The van der Waals surface area contributed by atoms with E-state index in [0.29, 0.717) is 19.1 Å². The van der Waals surface area contributed by atoms with Gasteiger partial charge in [0.1, 0.15) is 0 Å². The van der Waals surface area contributed by atoms with Crippen LogP contribution in [0.3, 0.4) is 0 Å². The van der Waals surface area contributed by atoms with E-state index in [1.165, 1.54) is 12.8 Å². The molecule has 2 rings (SSSR count). The fourth-order valence-corrected chi connectivity index (χ4v) is 3.81. The van der Waals surface area contributed by atoms with Crippen LogP contribution in [0, 0.1) is 5.92 Å². The molecule has 6 heteroatoms. The molecule has 2 aliphatic rings. The monoisotopic (exact) mass is 352 g/mol. The van der Waals surface area contributed by atoms with E-state index in [1.54, 1.807) is 0 Å². The highest BCUT2D eigenvalue weighted by Gasteiger charge is 2.27. The van der Waals surface area contributed by atoms with E-state index in [-0.39, 0.29) is 17.9 Å². The smallest absolute Gasteiger partial charge is 0.236 e. The number of hydrogen-bond donors (Lipinski definition) is 1. The molecule has 0 aromatic carbocycles. The largest absolute Gasteiger partial charge is 0.353 e. The van der Waals surface area contributed by atoms with Crippen molar-refractivity contribution in [2.45, 2.75) is 58.5 Å². The summed E-state index contributed by atoms with van der Waals surface area (Å²) >= 11 is 0. The van der Waals surface area contributed by atoms with E-state index < -0.39 is 0 Å².